The van der Waals surface area contributed by atoms with Crippen molar-refractivity contribution in [3.05, 3.63) is 30.5 Å². The van der Waals surface area contributed by atoms with E-state index in [-0.39, 0.29) is 11.2 Å². The summed E-state index contributed by atoms with van der Waals surface area (Å²) < 4.78 is 19.4. The third-order valence-corrected chi connectivity index (χ3v) is 4.72. The van der Waals surface area contributed by atoms with Gasteiger partial charge >= 0.3 is 7.12 Å². The largest absolute Gasteiger partial charge is 0.516 e. The first-order valence-electron chi connectivity index (χ1n) is 7.77. The predicted molar refractivity (Wildman–Crippen MR) is 90.9 cm³/mol. The van der Waals surface area contributed by atoms with Crippen LogP contribution in [0.25, 0.3) is 11.4 Å². The molecule has 23 heavy (non-hydrogen) atoms. The number of aryl methyl sites for hydroxylation is 1. The van der Waals surface area contributed by atoms with Crippen molar-refractivity contribution in [1.29, 1.82) is 0 Å². The highest BCUT2D eigenvalue weighted by molar-refractivity contribution is 6.61. The van der Waals surface area contributed by atoms with Crippen LogP contribution in [-0.4, -0.2) is 35.0 Å². The SMILES string of the molecule is COc1cccc(-c2nc(B3OC(C)(C)C(C)(C)O3)cn2C)c1. The number of imidazole rings is 1. The van der Waals surface area contributed by atoms with Crippen molar-refractivity contribution in [2.75, 3.05) is 7.11 Å². The average Bonchev–Trinajstić information content (AvgIpc) is 2.97. The number of rotatable bonds is 3. The second-order valence-electron chi connectivity index (χ2n) is 6.92. The summed E-state index contributed by atoms with van der Waals surface area (Å²) in [6, 6.07) is 7.86. The summed E-state index contributed by atoms with van der Waals surface area (Å²) in [4.78, 5) is 4.73. The van der Waals surface area contributed by atoms with Crippen molar-refractivity contribution in [2.24, 2.45) is 7.05 Å². The lowest BCUT2D eigenvalue weighted by atomic mass is 9.86. The van der Waals surface area contributed by atoms with E-state index in [1.54, 1.807) is 7.11 Å². The van der Waals surface area contributed by atoms with E-state index < -0.39 is 7.12 Å². The first kappa shape index (κ1) is 16.1. The standard InChI is InChI=1S/C17H23BN2O3/c1-16(2)17(3,4)23-18(22-16)14-11-20(5)15(19-14)12-8-7-9-13(10-12)21-6/h7-11H,1-6H3. The molecule has 1 aromatic carbocycles. The molecule has 1 aliphatic rings. The van der Waals surface area contributed by atoms with Crippen molar-refractivity contribution in [2.45, 2.75) is 38.9 Å². The highest BCUT2D eigenvalue weighted by Gasteiger charge is 2.52. The van der Waals surface area contributed by atoms with Crippen molar-refractivity contribution in [3.63, 3.8) is 0 Å². The van der Waals surface area contributed by atoms with Gasteiger partial charge in [0.25, 0.3) is 0 Å². The molecule has 2 aromatic rings. The number of hydrogen-bond acceptors (Lipinski definition) is 4. The zero-order valence-corrected chi connectivity index (χ0v) is 14.6. The molecule has 0 radical (unpaired) electrons. The van der Waals surface area contributed by atoms with E-state index in [2.05, 4.69) is 0 Å². The summed E-state index contributed by atoms with van der Waals surface area (Å²) in [5, 5.41) is 0. The Morgan fingerprint density at radius 2 is 1.78 bits per heavy atom. The van der Waals surface area contributed by atoms with Crippen LogP contribution in [0.2, 0.25) is 0 Å². The first-order valence-corrected chi connectivity index (χ1v) is 7.77. The topological polar surface area (TPSA) is 45.5 Å². The normalized spacial score (nSPS) is 19.1. The molecule has 0 bridgehead atoms. The average molecular weight is 314 g/mol. The van der Waals surface area contributed by atoms with Gasteiger partial charge in [0.05, 0.1) is 23.9 Å². The van der Waals surface area contributed by atoms with Gasteiger partial charge in [-0.25, -0.2) is 4.98 Å². The molecule has 5 nitrogen and oxygen atoms in total. The van der Waals surface area contributed by atoms with Crippen LogP contribution in [0.4, 0.5) is 0 Å². The summed E-state index contributed by atoms with van der Waals surface area (Å²) in [6.45, 7) is 8.16. The molecule has 0 amide bonds. The Balaban J connectivity index is 1.93. The fourth-order valence-corrected chi connectivity index (χ4v) is 2.60. The van der Waals surface area contributed by atoms with Gasteiger partial charge in [0.2, 0.25) is 0 Å². The van der Waals surface area contributed by atoms with Crippen LogP contribution in [0.3, 0.4) is 0 Å². The van der Waals surface area contributed by atoms with Crippen LogP contribution in [0.15, 0.2) is 30.5 Å². The Kier molecular flexibility index (Phi) is 3.77. The zero-order chi connectivity index (χ0) is 16.8. The van der Waals surface area contributed by atoms with Gasteiger partial charge in [-0.3, -0.25) is 0 Å². The molecule has 122 valence electrons. The molecule has 0 spiro atoms. The quantitative estimate of drug-likeness (QED) is 0.816. The summed E-state index contributed by atoms with van der Waals surface area (Å²) >= 11 is 0. The van der Waals surface area contributed by atoms with E-state index in [0.29, 0.717) is 0 Å². The van der Waals surface area contributed by atoms with Crippen LogP contribution < -0.4 is 10.3 Å². The summed E-state index contributed by atoms with van der Waals surface area (Å²) in [5.74, 6) is 1.66. The third kappa shape index (κ3) is 2.77. The summed E-state index contributed by atoms with van der Waals surface area (Å²) in [7, 11) is 3.18. The van der Waals surface area contributed by atoms with Gasteiger partial charge in [-0.05, 0) is 39.8 Å². The molecule has 0 aliphatic carbocycles. The Hall–Kier alpha value is -1.79. The summed E-state index contributed by atoms with van der Waals surface area (Å²) in [5.41, 5.74) is 1.04. The Labute approximate surface area is 137 Å². The molecular formula is C17H23BN2O3. The molecule has 0 atom stereocenters. The number of ether oxygens (including phenoxy) is 1. The van der Waals surface area contributed by atoms with Crippen LogP contribution >= 0.6 is 0 Å². The van der Waals surface area contributed by atoms with Crippen LogP contribution in [0.1, 0.15) is 27.7 Å². The van der Waals surface area contributed by atoms with Gasteiger partial charge in [0, 0.05) is 18.8 Å². The molecule has 0 unspecified atom stereocenters. The second-order valence-corrected chi connectivity index (χ2v) is 6.92. The lowest BCUT2D eigenvalue weighted by molar-refractivity contribution is 0.00578. The number of aromatic nitrogens is 2. The van der Waals surface area contributed by atoms with E-state index in [0.717, 1.165) is 22.7 Å². The fraction of sp³-hybridized carbons (Fsp3) is 0.471. The van der Waals surface area contributed by atoms with Crippen molar-refractivity contribution >= 4 is 12.7 Å². The van der Waals surface area contributed by atoms with Gasteiger partial charge in [-0.15, -0.1) is 0 Å². The van der Waals surface area contributed by atoms with Gasteiger partial charge in [0.15, 0.2) is 0 Å². The number of benzene rings is 1. The molecule has 3 rings (SSSR count). The smallest absolute Gasteiger partial charge is 0.497 e. The van der Waals surface area contributed by atoms with E-state index in [1.807, 2.05) is 69.8 Å². The maximum Gasteiger partial charge on any atom is 0.516 e. The molecule has 0 N–H and O–H groups in total. The van der Waals surface area contributed by atoms with Crippen molar-refractivity contribution in [1.82, 2.24) is 9.55 Å². The molecule has 6 heteroatoms. The van der Waals surface area contributed by atoms with E-state index in [1.165, 1.54) is 0 Å². The molecule has 2 heterocycles. The molecule has 1 aliphatic heterocycles. The Morgan fingerprint density at radius 1 is 1.13 bits per heavy atom. The third-order valence-electron chi connectivity index (χ3n) is 4.72. The number of nitrogens with zero attached hydrogens (tertiary/aromatic N) is 2. The number of hydrogen-bond donors (Lipinski definition) is 0. The monoisotopic (exact) mass is 314 g/mol. The predicted octanol–water partition coefficient (Wildman–Crippen LogP) is 2.39. The lowest BCUT2D eigenvalue weighted by Crippen LogP contribution is -2.41. The zero-order valence-electron chi connectivity index (χ0n) is 14.6. The maximum atomic E-state index is 6.08. The van der Waals surface area contributed by atoms with Crippen LogP contribution in [-0.2, 0) is 16.4 Å². The van der Waals surface area contributed by atoms with E-state index in [4.69, 9.17) is 19.0 Å². The molecule has 1 aromatic heterocycles. The summed E-state index contributed by atoms with van der Waals surface area (Å²) in [6.07, 6.45) is 1.96. The van der Waals surface area contributed by atoms with E-state index in [9.17, 15) is 0 Å². The molecule has 1 saturated heterocycles. The second kappa shape index (κ2) is 5.39. The van der Waals surface area contributed by atoms with Crippen LogP contribution in [0.5, 0.6) is 5.75 Å². The van der Waals surface area contributed by atoms with Crippen molar-refractivity contribution in [3.8, 4) is 17.1 Å². The molecule has 1 fully saturated rings. The van der Waals surface area contributed by atoms with Gasteiger partial charge in [-0.1, -0.05) is 12.1 Å². The van der Waals surface area contributed by atoms with Gasteiger partial charge < -0.3 is 18.6 Å². The number of methoxy groups -OCH3 is 1. The minimum atomic E-state index is -0.453. The van der Waals surface area contributed by atoms with Gasteiger partial charge in [-0.2, -0.15) is 0 Å². The van der Waals surface area contributed by atoms with E-state index >= 15 is 0 Å². The highest BCUT2D eigenvalue weighted by Crippen LogP contribution is 2.36. The Morgan fingerprint density at radius 3 is 2.39 bits per heavy atom. The first-order chi connectivity index (χ1) is 10.7. The minimum Gasteiger partial charge on any atom is -0.497 e. The fourth-order valence-electron chi connectivity index (χ4n) is 2.60. The van der Waals surface area contributed by atoms with Crippen molar-refractivity contribution < 1.29 is 14.0 Å². The highest BCUT2D eigenvalue weighted by atomic mass is 16.7. The molecular weight excluding hydrogens is 291 g/mol. The maximum absolute atomic E-state index is 6.08. The Bertz CT molecular complexity index is 708. The molecule has 0 saturated carbocycles. The van der Waals surface area contributed by atoms with Crippen LogP contribution in [0, 0.1) is 0 Å². The minimum absolute atomic E-state index is 0.370. The van der Waals surface area contributed by atoms with Gasteiger partial charge in [0.1, 0.15) is 11.6 Å². The lowest BCUT2D eigenvalue weighted by Gasteiger charge is -2.32.